The van der Waals surface area contributed by atoms with E-state index in [-0.39, 0.29) is 0 Å². The van der Waals surface area contributed by atoms with Crippen molar-refractivity contribution in [3.8, 4) is 0 Å². The zero-order valence-corrected chi connectivity index (χ0v) is 6.89. The minimum Gasteiger partial charge on any atom is -0.377 e. The zero-order chi connectivity index (χ0) is 7.98. The van der Waals surface area contributed by atoms with E-state index in [0.29, 0.717) is 12.5 Å². The summed E-state index contributed by atoms with van der Waals surface area (Å²) < 4.78 is 5.28. The summed E-state index contributed by atoms with van der Waals surface area (Å²) >= 11 is 0. The Morgan fingerprint density at radius 3 is 2.60 bits per heavy atom. The molecule has 0 N–H and O–H groups in total. The fraction of sp³-hybridized carbons (Fsp3) is 0.556. The van der Waals surface area contributed by atoms with Crippen LogP contribution in [0.4, 0.5) is 0 Å². The second-order valence-electron chi connectivity index (χ2n) is 2.77. The van der Waals surface area contributed by atoms with Crippen molar-refractivity contribution in [1.29, 1.82) is 0 Å². The minimum absolute atomic E-state index is 0.595. The molecule has 0 aromatic rings. The van der Waals surface area contributed by atoms with Crippen LogP contribution in [0.1, 0.15) is 13.8 Å². The van der Waals surface area contributed by atoms with Crippen molar-refractivity contribution in [2.24, 2.45) is 5.92 Å². The van der Waals surface area contributed by atoms with Crippen LogP contribution in [0.25, 0.3) is 0 Å². The highest BCUT2D eigenvalue weighted by Crippen LogP contribution is 1.96. The Labute approximate surface area is 63.4 Å². The summed E-state index contributed by atoms with van der Waals surface area (Å²) in [6.45, 7) is 13.0. The lowest BCUT2D eigenvalue weighted by molar-refractivity contribution is 0.131. The summed E-state index contributed by atoms with van der Waals surface area (Å²) in [5.41, 5.74) is 0.945. The Morgan fingerprint density at radius 1 is 1.60 bits per heavy atom. The zero-order valence-electron chi connectivity index (χ0n) is 6.89. The molecule has 0 unspecified atom stereocenters. The maximum Gasteiger partial charge on any atom is 0.0711 e. The standard InChI is InChI=1S/C9H16O/c1-5-9(4)7-10-6-8(2)3/h5,8H,1,4,6-7H2,2-3H3. The molecule has 0 fully saturated rings. The lowest BCUT2D eigenvalue weighted by atomic mass is 10.2. The van der Waals surface area contributed by atoms with Crippen LogP contribution in [0, 0.1) is 5.92 Å². The van der Waals surface area contributed by atoms with Crippen molar-refractivity contribution in [3.63, 3.8) is 0 Å². The van der Waals surface area contributed by atoms with E-state index in [9.17, 15) is 0 Å². The highest BCUT2D eigenvalue weighted by molar-refractivity contribution is 5.10. The molecule has 1 heteroatoms. The largest absolute Gasteiger partial charge is 0.377 e. The molecule has 0 aromatic heterocycles. The minimum atomic E-state index is 0.595. The topological polar surface area (TPSA) is 9.23 Å². The average molecular weight is 140 g/mol. The molecule has 0 amide bonds. The number of hydrogen-bond donors (Lipinski definition) is 0. The number of ether oxygens (including phenoxy) is 1. The van der Waals surface area contributed by atoms with Gasteiger partial charge >= 0.3 is 0 Å². The van der Waals surface area contributed by atoms with Crippen molar-refractivity contribution >= 4 is 0 Å². The molecule has 0 rings (SSSR count). The van der Waals surface area contributed by atoms with E-state index in [0.717, 1.165) is 12.2 Å². The van der Waals surface area contributed by atoms with Crippen molar-refractivity contribution in [2.75, 3.05) is 13.2 Å². The van der Waals surface area contributed by atoms with Crippen LogP contribution in [-0.2, 0) is 4.74 Å². The molecule has 0 atom stereocenters. The van der Waals surface area contributed by atoms with Gasteiger partial charge in [-0.15, -0.1) is 0 Å². The smallest absolute Gasteiger partial charge is 0.0711 e. The number of rotatable bonds is 5. The van der Waals surface area contributed by atoms with Crippen LogP contribution in [0.15, 0.2) is 24.8 Å². The maximum absolute atomic E-state index is 5.28. The van der Waals surface area contributed by atoms with Gasteiger partial charge in [-0.25, -0.2) is 0 Å². The Bertz CT molecular complexity index is 114. The molecule has 1 nitrogen and oxygen atoms in total. The van der Waals surface area contributed by atoms with Crippen LogP contribution >= 0.6 is 0 Å². The molecule has 0 saturated carbocycles. The van der Waals surface area contributed by atoms with E-state index < -0.39 is 0 Å². The van der Waals surface area contributed by atoms with Gasteiger partial charge in [-0.1, -0.05) is 33.1 Å². The quantitative estimate of drug-likeness (QED) is 0.533. The van der Waals surface area contributed by atoms with Crippen LogP contribution in [-0.4, -0.2) is 13.2 Å². The van der Waals surface area contributed by atoms with Gasteiger partial charge < -0.3 is 4.74 Å². The van der Waals surface area contributed by atoms with Gasteiger partial charge in [-0.3, -0.25) is 0 Å². The Kier molecular flexibility index (Phi) is 4.95. The lowest BCUT2D eigenvalue weighted by Crippen LogP contribution is -2.03. The molecule has 0 radical (unpaired) electrons. The molecule has 0 aliphatic heterocycles. The van der Waals surface area contributed by atoms with E-state index in [1.54, 1.807) is 6.08 Å². The summed E-state index contributed by atoms with van der Waals surface area (Å²) in [5, 5.41) is 0. The highest BCUT2D eigenvalue weighted by atomic mass is 16.5. The highest BCUT2D eigenvalue weighted by Gasteiger charge is 1.92. The summed E-state index contributed by atoms with van der Waals surface area (Å²) in [6, 6.07) is 0. The van der Waals surface area contributed by atoms with Crippen molar-refractivity contribution in [2.45, 2.75) is 13.8 Å². The van der Waals surface area contributed by atoms with Gasteiger partial charge in [0.2, 0.25) is 0 Å². The molecule has 0 aliphatic rings. The molecule has 0 aliphatic carbocycles. The second kappa shape index (κ2) is 5.24. The first-order valence-corrected chi connectivity index (χ1v) is 3.54. The normalized spacial score (nSPS) is 9.90. The molecule has 0 spiro atoms. The van der Waals surface area contributed by atoms with Gasteiger partial charge in [-0.05, 0) is 11.5 Å². The Morgan fingerprint density at radius 2 is 2.20 bits per heavy atom. The molecular formula is C9H16O. The van der Waals surface area contributed by atoms with Gasteiger partial charge in [0.1, 0.15) is 0 Å². The Hall–Kier alpha value is -0.560. The summed E-state index contributed by atoms with van der Waals surface area (Å²) in [7, 11) is 0. The lowest BCUT2D eigenvalue weighted by Gasteiger charge is -2.05. The van der Waals surface area contributed by atoms with E-state index in [1.807, 2.05) is 0 Å². The summed E-state index contributed by atoms with van der Waals surface area (Å²) in [5.74, 6) is 0.595. The van der Waals surface area contributed by atoms with Crippen LogP contribution < -0.4 is 0 Å². The number of hydrogen-bond acceptors (Lipinski definition) is 1. The van der Waals surface area contributed by atoms with Crippen molar-refractivity contribution in [3.05, 3.63) is 24.8 Å². The predicted octanol–water partition coefficient (Wildman–Crippen LogP) is 2.40. The molecule has 0 heterocycles. The van der Waals surface area contributed by atoms with Gasteiger partial charge in [-0.2, -0.15) is 0 Å². The molecule has 0 bridgehead atoms. The van der Waals surface area contributed by atoms with Crippen molar-refractivity contribution in [1.82, 2.24) is 0 Å². The monoisotopic (exact) mass is 140 g/mol. The van der Waals surface area contributed by atoms with E-state index in [4.69, 9.17) is 4.74 Å². The average Bonchev–Trinajstić information content (AvgIpc) is 1.87. The van der Waals surface area contributed by atoms with Crippen LogP contribution in [0.2, 0.25) is 0 Å². The first-order valence-electron chi connectivity index (χ1n) is 3.54. The van der Waals surface area contributed by atoms with Gasteiger partial charge in [0.05, 0.1) is 6.61 Å². The fourth-order valence-corrected chi connectivity index (χ4v) is 0.485. The SMILES string of the molecule is C=CC(=C)COCC(C)C. The van der Waals surface area contributed by atoms with Crippen molar-refractivity contribution < 1.29 is 4.74 Å². The Balaban J connectivity index is 3.19. The third-order valence-electron chi connectivity index (χ3n) is 1.03. The summed E-state index contributed by atoms with van der Waals surface area (Å²) in [4.78, 5) is 0. The van der Waals surface area contributed by atoms with E-state index in [1.165, 1.54) is 0 Å². The first-order chi connectivity index (χ1) is 4.66. The molecule has 0 saturated heterocycles. The molecule has 0 aromatic carbocycles. The predicted molar refractivity (Wildman–Crippen MR) is 45.0 cm³/mol. The molecular weight excluding hydrogens is 124 g/mol. The molecule has 10 heavy (non-hydrogen) atoms. The summed E-state index contributed by atoms with van der Waals surface area (Å²) in [6.07, 6.45) is 1.72. The third kappa shape index (κ3) is 5.57. The van der Waals surface area contributed by atoms with Gasteiger partial charge in [0, 0.05) is 6.61 Å². The fourth-order valence-electron chi connectivity index (χ4n) is 0.485. The second-order valence-corrected chi connectivity index (χ2v) is 2.77. The first kappa shape index (κ1) is 9.44. The maximum atomic E-state index is 5.28. The van der Waals surface area contributed by atoms with Crippen LogP contribution in [0.3, 0.4) is 0 Å². The third-order valence-corrected chi connectivity index (χ3v) is 1.03. The van der Waals surface area contributed by atoms with Gasteiger partial charge in [0.25, 0.3) is 0 Å². The van der Waals surface area contributed by atoms with Gasteiger partial charge in [0.15, 0.2) is 0 Å². The van der Waals surface area contributed by atoms with E-state index >= 15 is 0 Å². The van der Waals surface area contributed by atoms with Crippen LogP contribution in [0.5, 0.6) is 0 Å². The van der Waals surface area contributed by atoms with E-state index in [2.05, 4.69) is 27.0 Å². The molecule has 58 valence electrons.